The number of carbonyl (C=O) groups excluding carboxylic acids is 1. The number of fused-ring (bicyclic) bond motifs is 1. The summed E-state index contributed by atoms with van der Waals surface area (Å²) in [6.07, 6.45) is -2.55. The van der Waals surface area contributed by atoms with E-state index in [-0.39, 0.29) is 35.6 Å². The van der Waals surface area contributed by atoms with Gasteiger partial charge in [0.25, 0.3) is 0 Å². The summed E-state index contributed by atoms with van der Waals surface area (Å²) >= 11 is 0. The molecule has 1 amide bonds. The van der Waals surface area contributed by atoms with Gasteiger partial charge >= 0.3 is 12.3 Å². The second-order valence-corrected chi connectivity index (χ2v) is 6.08. The highest BCUT2D eigenvalue weighted by molar-refractivity contribution is 5.83. The summed E-state index contributed by atoms with van der Waals surface area (Å²) in [4.78, 5) is 15.8. The van der Waals surface area contributed by atoms with E-state index in [9.17, 15) is 18.0 Å². The van der Waals surface area contributed by atoms with Crippen LogP contribution in [-0.4, -0.2) is 31.8 Å². The van der Waals surface area contributed by atoms with Crippen LogP contribution in [0, 0.1) is 0 Å². The van der Waals surface area contributed by atoms with Crippen molar-refractivity contribution in [1.29, 1.82) is 0 Å². The third-order valence-electron chi connectivity index (χ3n) is 3.65. The number of aromatic nitrogens is 4. The van der Waals surface area contributed by atoms with E-state index in [1.165, 1.54) is 35.0 Å². The number of ether oxygens (including phenoxy) is 1. The monoisotopic (exact) mass is 394 g/mol. The maximum absolute atomic E-state index is 13.1. The molecule has 0 saturated heterocycles. The second kappa shape index (κ2) is 7.71. The number of benzene rings is 1. The van der Waals surface area contributed by atoms with Gasteiger partial charge in [-0.2, -0.15) is 13.2 Å². The number of carbonyl (C=O) groups is 1. The molecule has 0 aliphatic heterocycles. The molecule has 0 saturated carbocycles. The summed E-state index contributed by atoms with van der Waals surface area (Å²) in [6.45, 7) is 3.28. The van der Waals surface area contributed by atoms with Crippen LogP contribution in [0.1, 0.15) is 25.0 Å². The lowest BCUT2D eigenvalue weighted by Crippen LogP contribution is -2.19. The molecular weight excluding hydrogens is 377 g/mol. The van der Waals surface area contributed by atoms with E-state index in [2.05, 4.69) is 25.8 Å². The lowest BCUT2D eigenvalue weighted by Gasteiger charge is -2.13. The average Bonchev–Trinajstić information content (AvgIpc) is 3.02. The summed E-state index contributed by atoms with van der Waals surface area (Å²) < 4.78 is 45.8. The summed E-state index contributed by atoms with van der Waals surface area (Å²) in [7, 11) is 0. The fraction of sp³-hybridized carbons (Fsp3) is 0.294. The molecule has 0 unspecified atom stereocenters. The molecule has 1 aromatic carbocycles. The minimum absolute atomic E-state index is 0.0668. The SMILES string of the molecule is CC(C)OC(=O)Nc1nnc2c(NCc3ccccc3C(F)(F)F)nccn12. The van der Waals surface area contributed by atoms with Crippen LogP contribution in [0.4, 0.5) is 29.7 Å². The van der Waals surface area contributed by atoms with Crippen molar-refractivity contribution in [3.05, 3.63) is 47.8 Å². The molecule has 0 aliphatic carbocycles. The van der Waals surface area contributed by atoms with E-state index in [1.54, 1.807) is 13.8 Å². The summed E-state index contributed by atoms with van der Waals surface area (Å²) in [6, 6.07) is 5.26. The van der Waals surface area contributed by atoms with Crippen molar-refractivity contribution in [2.24, 2.45) is 0 Å². The van der Waals surface area contributed by atoms with Crippen LogP contribution in [0.25, 0.3) is 5.65 Å². The third kappa shape index (κ3) is 4.30. The maximum atomic E-state index is 13.1. The number of hydrogen-bond donors (Lipinski definition) is 2. The first-order valence-electron chi connectivity index (χ1n) is 8.32. The molecule has 0 atom stereocenters. The van der Waals surface area contributed by atoms with Crippen molar-refractivity contribution in [2.75, 3.05) is 10.6 Å². The lowest BCUT2D eigenvalue weighted by molar-refractivity contribution is -0.138. The molecule has 2 heterocycles. The molecule has 2 N–H and O–H groups in total. The number of nitrogens with zero attached hydrogens (tertiary/aromatic N) is 4. The Hall–Kier alpha value is -3.37. The third-order valence-corrected chi connectivity index (χ3v) is 3.65. The van der Waals surface area contributed by atoms with Crippen molar-refractivity contribution < 1.29 is 22.7 Å². The van der Waals surface area contributed by atoms with Gasteiger partial charge in [-0.05, 0) is 25.5 Å². The van der Waals surface area contributed by atoms with Crippen molar-refractivity contribution in [3.63, 3.8) is 0 Å². The number of hydrogen-bond acceptors (Lipinski definition) is 6. The zero-order valence-electron chi connectivity index (χ0n) is 15.0. The first-order valence-corrected chi connectivity index (χ1v) is 8.32. The van der Waals surface area contributed by atoms with E-state index >= 15 is 0 Å². The summed E-state index contributed by atoms with van der Waals surface area (Å²) in [5, 5.41) is 13.1. The fourth-order valence-electron chi connectivity index (χ4n) is 2.50. The predicted octanol–water partition coefficient (Wildman–Crippen LogP) is 3.71. The number of nitrogens with one attached hydrogen (secondary N) is 2. The van der Waals surface area contributed by atoms with E-state index in [0.717, 1.165) is 6.07 Å². The number of halogens is 3. The van der Waals surface area contributed by atoms with Gasteiger partial charge in [0.15, 0.2) is 5.82 Å². The van der Waals surface area contributed by atoms with E-state index < -0.39 is 17.8 Å². The number of alkyl halides is 3. The van der Waals surface area contributed by atoms with Gasteiger partial charge in [0.1, 0.15) is 0 Å². The Morgan fingerprint density at radius 1 is 1.25 bits per heavy atom. The average molecular weight is 394 g/mol. The minimum atomic E-state index is -4.46. The van der Waals surface area contributed by atoms with Crippen molar-refractivity contribution >= 4 is 23.5 Å². The zero-order chi connectivity index (χ0) is 20.3. The topological polar surface area (TPSA) is 93.4 Å². The molecule has 148 valence electrons. The Morgan fingerprint density at radius 2 is 2.00 bits per heavy atom. The normalized spacial score (nSPS) is 11.6. The molecule has 0 bridgehead atoms. The molecule has 11 heteroatoms. The van der Waals surface area contributed by atoms with Crippen molar-refractivity contribution in [1.82, 2.24) is 19.6 Å². The lowest BCUT2D eigenvalue weighted by atomic mass is 10.1. The van der Waals surface area contributed by atoms with Crippen LogP contribution in [0.2, 0.25) is 0 Å². The highest BCUT2D eigenvalue weighted by Gasteiger charge is 2.32. The molecule has 0 aliphatic rings. The van der Waals surface area contributed by atoms with Gasteiger partial charge in [-0.3, -0.25) is 9.72 Å². The molecule has 0 fully saturated rings. The van der Waals surface area contributed by atoms with E-state index in [4.69, 9.17) is 4.74 Å². The standard InChI is InChI=1S/C17H17F3N6O2/c1-10(2)28-16(27)23-15-25-24-14-13(21-7-8-26(14)15)22-9-11-5-3-4-6-12(11)17(18,19)20/h3-8,10H,9H2,1-2H3,(H,21,22)(H,23,25,27). The smallest absolute Gasteiger partial charge is 0.416 e. The number of rotatable bonds is 5. The van der Waals surface area contributed by atoms with Gasteiger partial charge in [0.05, 0.1) is 11.7 Å². The van der Waals surface area contributed by atoms with Gasteiger partial charge in [-0.1, -0.05) is 18.2 Å². The molecule has 0 radical (unpaired) electrons. The van der Waals surface area contributed by atoms with Gasteiger partial charge in [0.2, 0.25) is 11.6 Å². The Labute approximate surface area is 157 Å². The van der Waals surface area contributed by atoms with Gasteiger partial charge in [-0.25, -0.2) is 9.78 Å². The molecule has 0 spiro atoms. The van der Waals surface area contributed by atoms with Crippen LogP contribution in [0.5, 0.6) is 0 Å². The first-order chi connectivity index (χ1) is 13.3. The zero-order valence-corrected chi connectivity index (χ0v) is 15.0. The van der Waals surface area contributed by atoms with Gasteiger partial charge < -0.3 is 10.1 Å². The number of amides is 1. The number of anilines is 2. The molecule has 8 nitrogen and oxygen atoms in total. The van der Waals surface area contributed by atoms with Crippen LogP contribution >= 0.6 is 0 Å². The van der Waals surface area contributed by atoms with Crippen LogP contribution in [-0.2, 0) is 17.5 Å². The van der Waals surface area contributed by atoms with Gasteiger partial charge in [-0.15, -0.1) is 10.2 Å². The maximum Gasteiger partial charge on any atom is 0.416 e. The molecular formula is C17H17F3N6O2. The highest BCUT2D eigenvalue weighted by atomic mass is 19.4. The highest BCUT2D eigenvalue weighted by Crippen LogP contribution is 2.32. The molecule has 2 aromatic heterocycles. The van der Waals surface area contributed by atoms with E-state index in [1.807, 2.05) is 0 Å². The molecule has 3 rings (SSSR count). The fourth-order valence-corrected chi connectivity index (χ4v) is 2.50. The van der Waals surface area contributed by atoms with Crippen molar-refractivity contribution in [2.45, 2.75) is 32.7 Å². The van der Waals surface area contributed by atoms with Gasteiger partial charge in [0, 0.05) is 18.9 Å². The minimum Gasteiger partial charge on any atom is -0.447 e. The van der Waals surface area contributed by atoms with Crippen molar-refractivity contribution in [3.8, 4) is 0 Å². The van der Waals surface area contributed by atoms with Crippen LogP contribution < -0.4 is 10.6 Å². The molecule has 3 aromatic rings. The summed E-state index contributed by atoms with van der Waals surface area (Å²) in [5.41, 5.74) is -0.418. The molecule has 28 heavy (non-hydrogen) atoms. The first kappa shape index (κ1) is 19.4. The van der Waals surface area contributed by atoms with E-state index in [0.29, 0.717) is 0 Å². The van der Waals surface area contributed by atoms with Crippen LogP contribution in [0.15, 0.2) is 36.7 Å². The largest absolute Gasteiger partial charge is 0.447 e. The Morgan fingerprint density at radius 3 is 2.71 bits per heavy atom. The Kier molecular flexibility index (Phi) is 5.34. The predicted molar refractivity (Wildman–Crippen MR) is 94.8 cm³/mol. The quantitative estimate of drug-likeness (QED) is 0.685. The summed E-state index contributed by atoms with van der Waals surface area (Å²) in [5.74, 6) is 0.319. The Bertz CT molecular complexity index is 986. The van der Waals surface area contributed by atoms with Crippen LogP contribution in [0.3, 0.4) is 0 Å². The Balaban J connectivity index is 1.81. The second-order valence-electron chi connectivity index (χ2n) is 6.08.